The predicted octanol–water partition coefficient (Wildman–Crippen LogP) is 0.586. The number of hydrogen-bond acceptors (Lipinski definition) is 6. The monoisotopic (exact) mass is 330 g/mol. The molecule has 4 N–H and O–H groups in total. The molecule has 1 aliphatic heterocycles. The van der Waals surface area contributed by atoms with Crippen LogP contribution in [0.5, 0.6) is 0 Å². The maximum atomic E-state index is 10.8. The molecule has 0 unspecified atom stereocenters. The molecular formula is C16H26O7. The fourth-order valence-corrected chi connectivity index (χ4v) is 2.25. The Kier molecular flexibility index (Phi) is 6.91. The van der Waals surface area contributed by atoms with Gasteiger partial charge < -0.3 is 29.9 Å². The average molecular weight is 330 g/mol. The van der Waals surface area contributed by atoms with Crippen LogP contribution in [0.15, 0.2) is 24.3 Å². The number of ether oxygens (including phenoxy) is 2. The van der Waals surface area contributed by atoms with Crippen molar-refractivity contribution < 1.29 is 34.7 Å². The zero-order valence-corrected chi connectivity index (χ0v) is 13.7. The topological polar surface area (TPSA) is 116 Å². The van der Waals surface area contributed by atoms with E-state index < -0.39 is 42.3 Å². The second-order valence-corrected chi connectivity index (χ2v) is 6.05. The summed E-state index contributed by atoms with van der Waals surface area (Å²) >= 11 is 0. The van der Waals surface area contributed by atoms with Gasteiger partial charge in [-0.25, -0.2) is 4.79 Å². The summed E-state index contributed by atoms with van der Waals surface area (Å²) in [6.07, 6.45) is -1.80. The van der Waals surface area contributed by atoms with E-state index in [1.807, 2.05) is 0 Å². The van der Waals surface area contributed by atoms with Gasteiger partial charge in [0.1, 0.15) is 18.3 Å². The summed E-state index contributed by atoms with van der Waals surface area (Å²) in [5, 5.41) is 38.3. The third-order valence-corrected chi connectivity index (χ3v) is 4.05. The number of aliphatic hydroxyl groups excluding tert-OH is 3. The van der Waals surface area contributed by atoms with E-state index in [1.165, 1.54) is 13.0 Å². The Morgan fingerprint density at radius 2 is 1.91 bits per heavy atom. The molecule has 1 rings (SSSR count). The van der Waals surface area contributed by atoms with Gasteiger partial charge in [-0.1, -0.05) is 12.2 Å². The first-order valence-electron chi connectivity index (χ1n) is 7.52. The van der Waals surface area contributed by atoms with Gasteiger partial charge >= 0.3 is 5.97 Å². The molecule has 0 aromatic rings. The highest BCUT2D eigenvalue weighted by Gasteiger charge is 2.44. The molecule has 0 saturated carbocycles. The summed E-state index contributed by atoms with van der Waals surface area (Å²) in [5.74, 6) is -0.983. The van der Waals surface area contributed by atoms with Crippen LogP contribution < -0.4 is 0 Å². The van der Waals surface area contributed by atoms with E-state index in [-0.39, 0.29) is 5.57 Å². The number of carboxylic acid groups (broad SMARTS) is 1. The highest BCUT2D eigenvalue weighted by molar-refractivity contribution is 5.85. The lowest BCUT2D eigenvalue weighted by Crippen LogP contribution is -2.58. The van der Waals surface area contributed by atoms with Crippen molar-refractivity contribution in [2.75, 3.05) is 0 Å². The molecule has 0 aromatic heterocycles. The van der Waals surface area contributed by atoms with Crippen molar-refractivity contribution >= 4 is 5.97 Å². The lowest BCUT2D eigenvalue weighted by atomic mass is 9.97. The summed E-state index contributed by atoms with van der Waals surface area (Å²) < 4.78 is 11.1. The average Bonchev–Trinajstić information content (AvgIpc) is 2.50. The van der Waals surface area contributed by atoms with Gasteiger partial charge in [0.15, 0.2) is 6.29 Å². The van der Waals surface area contributed by atoms with Crippen molar-refractivity contribution in [2.45, 2.75) is 69.9 Å². The number of rotatable bonds is 7. The van der Waals surface area contributed by atoms with Gasteiger partial charge in [0.25, 0.3) is 0 Å². The fourth-order valence-electron chi connectivity index (χ4n) is 2.25. The van der Waals surface area contributed by atoms with Crippen molar-refractivity contribution in [2.24, 2.45) is 0 Å². The number of aliphatic hydroxyl groups is 3. The highest BCUT2D eigenvalue weighted by atomic mass is 16.7. The van der Waals surface area contributed by atoms with Crippen LogP contribution >= 0.6 is 0 Å². The van der Waals surface area contributed by atoms with Crippen LogP contribution in [-0.4, -0.2) is 62.7 Å². The van der Waals surface area contributed by atoms with Crippen molar-refractivity contribution in [1.82, 2.24) is 0 Å². The van der Waals surface area contributed by atoms with Crippen molar-refractivity contribution in [1.29, 1.82) is 0 Å². The highest BCUT2D eigenvalue weighted by Crippen LogP contribution is 2.28. The summed E-state index contributed by atoms with van der Waals surface area (Å²) in [5.41, 5.74) is -0.652. The van der Waals surface area contributed by atoms with Gasteiger partial charge in [0.2, 0.25) is 0 Å². The minimum Gasteiger partial charge on any atom is -0.478 e. The van der Waals surface area contributed by atoms with E-state index in [1.54, 1.807) is 19.9 Å². The lowest BCUT2D eigenvalue weighted by Gasteiger charge is -2.42. The first-order chi connectivity index (χ1) is 10.6. The van der Waals surface area contributed by atoms with Crippen LogP contribution in [0.4, 0.5) is 0 Å². The summed E-state index contributed by atoms with van der Waals surface area (Å²) in [6.45, 7) is 8.49. The normalized spacial score (nSPS) is 34.7. The van der Waals surface area contributed by atoms with Crippen molar-refractivity contribution in [3.8, 4) is 0 Å². The molecule has 7 nitrogen and oxygen atoms in total. The number of hydrogen-bond donors (Lipinski definition) is 4. The van der Waals surface area contributed by atoms with Gasteiger partial charge in [-0.15, -0.1) is 6.58 Å². The lowest BCUT2D eigenvalue weighted by molar-refractivity contribution is -0.313. The molecule has 132 valence electrons. The molecule has 0 radical (unpaired) electrons. The summed E-state index contributed by atoms with van der Waals surface area (Å²) in [6, 6.07) is 0. The third kappa shape index (κ3) is 5.12. The first kappa shape index (κ1) is 19.8. The Morgan fingerprint density at radius 1 is 1.30 bits per heavy atom. The number of aliphatic carboxylic acids is 1. The SMILES string of the molecule is C=C[C@@](C)(CC/C=C(\C)C(=O)O)O[C@@H]1O[C@H](C)[C@@H](O)[C@H](O)[C@H]1O. The first-order valence-corrected chi connectivity index (χ1v) is 7.52. The molecule has 1 aliphatic rings. The molecule has 1 saturated heterocycles. The summed E-state index contributed by atoms with van der Waals surface area (Å²) in [4.78, 5) is 10.8. The van der Waals surface area contributed by atoms with Crippen LogP contribution in [0.1, 0.15) is 33.6 Å². The van der Waals surface area contributed by atoms with Crippen LogP contribution in [0, 0.1) is 0 Å². The molecular weight excluding hydrogens is 304 g/mol. The van der Waals surface area contributed by atoms with Crippen molar-refractivity contribution in [3.63, 3.8) is 0 Å². The molecule has 0 amide bonds. The van der Waals surface area contributed by atoms with Crippen LogP contribution in [0.25, 0.3) is 0 Å². The van der Waals surface area contributed by atoms with E-state index in [2.05, 4.69) is 6.58 Å². The van der Waals surface area contributed by atoms with Crippen LogP contribution in [0.3, 0.4) is 0 Å². The zero-order valence-electron chi connectivity index (χ0n) is 13.7. The molecule has 1 fully saturated rings. The molecule has 0 aliphatic carbocycles. The zero-order chi connectivity index (χ0) is 17.8. The Hall–Kier alpha value is -1.25. The Balaban J connectivity index is 2.72. The predicted molar refractivity (Wildman–Crippen MR) is 82.7 cm³/mol. The Morgan fingerprint density at radius 3 is 2.43 bits per heavy atom. The summed E-state index contributed by atoms with van der Waals surface area (Å²) in [7, 11) is 0. The standard InChI is InChI=1S/C16H26O7/c1-5-16(4,8-6-7-9(2)14(20)21)23-15-13(19)12(18)11(17)10(3)22-15/h5,7,10-13,15,17-19H,1,6,8H2,2-4H3,(H,20,21)/b9-7+/t10-,11-,12+,13-,15+,16+/m1/s1. The molecule has 1 heterocycles. The van der Waals surface area contributed by atoms with E-state index in [0.29, 0.717) is 12.8 Å². The minimum absolute atomic E-state index is 0.234. The van der Waals surface area contributed by atoms with Gasteiger partial charge in [0.05, 0.1) is 11.7 Å². The smallest absolute Gasteiger partial charge is 0.330 e. The Bertz CT molecular complexity index is 461. The number of carbonyl (C=O) groups is 1. The van der Waals surface area contributed by atoms with E-state index in [0.717, 1.165) is 0 Å². The van der Waals surface area contributed by atoms with E-state index in [4.69, 9.17) is 14.6 Å². The maximum Gasteiger partial charge on any atom is 0.330 e. The maximum absolute atomic E-state index is 10.8. The van der Waals surface area contributed by atoms with Gasteiger partial charge in [-0.2, -0.15) is 0 Å². The molecule has 6 atom stereocenters. The number of carboxylic acids is 1. The fraction of sp³-hybridized carbons (Fsp3) is 0.688. The molecule has 0 bridgehead atoms. The molecule has 7 heteroatoms. The molecule has 0 spiro atoms. The minimum atomic E-state index is -1.39. The second-order valence-electron chi connectivity index (χ2n) is 6.05. The Labute approximate surface area is 135 Å². The van der Waals surface area contributed by atoms with E-state index in [9.17, 15) is 20.1 Å². The number of allylic oxidation sites excluding steroid dienone is 1. The molecule has 0 aromatic carbocycles. The van der Waals surface area contributed by atoms with Crippen molar-refractivity contribution in [3.05, 3.63) is 24.3 Å². The van der Waals surface area contributed by atoms with Crippen LogP contribution in [0.2, 0.25) is 0 Å². The van der Waals surface area contributed by atoms with Gasteiger partial charge in [-0.3, -0.25) is 0 Å². The van der Waals surface area contributed by atoms with Gasteiger partial charge in [-0.05, 0) is 33.6 Å². The third-order valence-electron chi connectivity index (χ3n) is 4.05. The van der Waals surface area contributed by atoms with E-state index >= 15 is 0 Å². The van der Waals surface area contributed by atoms with Crippen LogP contribution in [-0.2, 0) is 14.3 Å². The largest absolute Gasteiger partial charge is 0.478 e. The molecule has 23 heavy (non-hydrogen) atoms. The quantitative estimate of drug-likeness (QED) is 0.399. The van der Waals surface area contributed by atoms with Gasteiger partial charge in [0, 0.05) is 5.57 Å². The second kappa shape index (κ2) is 8.03.